The van der Waals surface area contributed by atoms with Crippen LogP contribution in [0.2, 0.25) is 0 Å². The van der Waals surface area contributed by atoms with Gasteiger partial charge in [0, 0.05) is 13.1 Å². The number of amides is 1. The fourth-order valence-electron chi connectivity index (χ4n) is 1.57. The number of H-pyrrole nitrogens is 1. The molecule has 7 nitrogen and oxygen atoms in total. The van der Waals surface area contributed by atoms with Gasteiger partial charge in [-0.1, -0.05) is 12.2 Å². The van der Waals surface area contributed by atoms with Crippen LogP contribution in [0.4, 0.5) is 5.95 Å². The molecule has 20 heavy (non-hydrogen) atoms. The Hall–Kier alpha value is -2.03. The highest BCUT2D eigenvalue weighted by Crippen LogP contribution is 2.12. The smallest absolute Gasteiger partial charge is 0.250 e. The van der Waals surface area contributed by atoms with Crippen molar-refractivity contribution in [2.45, 2.75) is 12.2 Å². The van der Waals surface area contributed by atoms with Crippen molar-refractivity contribution in [1.29, 1.82) is 0 Å². The summed E-state index contributed by atoms with van der Waals surface area (Å²) in [7, 11) is 1.68. The molecule has 1 aromatic rings. The zero-order valence-corrected chi connectivity index (χ0v) is 11.5. The molecule has 1 amide bonds. The average Bonchev–Trinajstić information content (AvgIpc) is 2.72. The van der Waals surface area contributed by atoms with Gasteiger partial charge < -0.3 is 10.2 Å². The SMILES string of the molecule is Cn1c(NC(=O)/C=C/C2=CC(O)C(O)C=C2)n[nH]c1=S. The predicted molar refractivity (Wildman–Crippen MR) is 75.4 cm³/mol. The Balaban J connectivity index is 2.00. The lowest BCUT2D eigenvalue weighted by Crippen LogP contribution is -2.23. The van der Waals surface area contributed by atoms with Crippen LogP contribution in [0, 0.1) is 4.77 Å². The second kappa shape index (κ2) is 5.95. The molecule has 0 radical (unpaired) electrons. The number of aliphatic hydroxyl groups is 2. The van der Waals surface area contributed by atoms with Crippen LogP contribution in [-0.2, 0) is 11.8 Å². The molecule has 8 heteroatoms. The van der Waals surface area contributed by atoms with Crippen molar-refractivity contribution < 1.29 is 15.0 Å². The Morgan fingerprint density at radius 1 is 1.55 bits per heavy atom. The fourth-order valence-corrected chi connectivity index (χ4v) is 1.70. The van der Waals surface area contributed by atoms with Gasteiger partial charge in [0.25, 0.3) is 5.91 Å². The van der Waals surface area contributed by atoms with E-state index in [1.54, 1.807) is 13.1 Å². The molecule has 1 aliphatic carbocycles. The van der Waals surface area contributed by atoms with Gasteiger partial charge in [-0.15, -0.1) is 5.10 Å². The minimum absolute atomic E-state index is 0.313. The van der Waals surface area contributed by atoms with Gasteiger partial charge in [-0.2, -0.15) is 0 Å². The molecule has 4 N–H and O–H groups in total. The summed E-state index contributed by atoms with van der Waals surface area (Å²) in [4.78, 5) is 11.7. The standard InChI is InChI=1S/C12H14N4O3S/c1-16-11(14-15-12(16)20)13-10(19)5-3-7-2-4-8(17)9(18)6-7/h2-6,8-9,17-18H,1H3,(H,15,20)(H,13,14,19)/b5-3+. The number of aromatic nitrogens is 3. The lowest BCUT2D eigenvalue weighted by Gasteiger charge is -2.15. The second-order valence-corrected chi connectivity index (χ2v) is 4.63. The van der Waals surface area contributed by atoms with Gasteiger partial charge in [0.1, 0.15) is 12.2 Å². The number of anilines is 1. The summed E-state index contributed by atoms with van der Waals surface area (Å²) in [6.07, 6.45) is 5.51. The third-order valence-electron chi connectivity index (χ3n) is 2.74. The maximum absolute atomic E-state index is 11.7. The minimum Gasteiger partial charge on any atom is -0.386 e. The van der Waals surface area contributed by atoms with Gasteiger partial charge in [-0.3, -0.25) is 14.7 Å². The van der Waals surface area contributed by atoms with Gasteiger partial charge in [-0.25, -0.2) is 5.10 Å². The summed E-state index contributed by atoms with van der Waals surface area (Å²) in [6.45, 7) is 0. The molecule has 2 rings (SSSR count). The van der Waals surface area contributed by atoms with Gasteiger partial charge in [-0.05, 0) is 29.9 Å². The fraction of sp³-hybridized carbons (Fsp3) is 0.250. The van der Waals surface area contributed by atoms with Crippen LogP contribution in [0.15, 0.2) is 36.0 Å². The van der Waals surface area contributed by atoms with Gasteiger partial charge in [0.2, 0.25) is 5.95 Å². The first kappa shape index (κ1) is 14.4. The molecule has 1 aliphatic rings. The van der Waals surface area contributed by atoms with Crippen molar-refractivity contribution in [2.24, 2.45) is 7.05 Å². The topological polar surface area (TPSA) is 103 Å². The van der Waals surface area contributed by atoms with E-state index >= 15 is 0 Å². The molecule has 0 aromatic carbocycles. The van der Waals surface area contributed by atoms with Crippen LogP contribution in [0.3, 0.4) is 0 Å². The Kier molecular flexibility index (Phi) is 4.28. The van der Waals surface area contributed by atoms with Crippen molar-refractivity contribution in [3.05, 3.63) is 40.7 Å². The van der Waals surface area contributed by atoms with E-state index in [2.05, 4.69) is 15.5 Å². The Labute approximate surface area is 119 Å². The molecule has 0 spiro atoms. The summed E-state index contributed by atoms with van der Waals surface area (Å²) in [5, 5.41) is 27.7. The highest BCUT2D eigenvalue weighted by molar-refractivity contribution is 7.71. The first-order valence-electron chi connectivity index (χ1n) is 5.84. The van der Waals surface area contributed by atoms with Crippen LogP contribution in [0.5, 0.6) is 0 Å². The zero-order valence-electron chi connectivity index (χ0n) is 10.6. The monoisotopic (exact) mass is 294 g/mol. The number of carbonyl (C=O) groups is 1. The maximum Gasteiger partial charge on any atom is 0.250 e. The molecule has 2 atom stereocenters. The lowest BCUT2D eigenvalue weighted by atomic mass is 10.0. The van der Waals surface area contributed by atoms with Gasteiger partial charge >= 0.3 is 0 Å². The van der Waals surface area contributed by atoms with E-state index in [0.29, 0.717) is 16.3 Å². The van der Waals surface area contributed by atoms with E-state index in [-0.39, 0.29) is 5.91 Å². The third kappa shape index (κ3) is 3.29. The molecule has 0 bridgehead atoms. The van der Waals surface area contributed by atoms with Gasteiger partial charge in [0.15, 0.2) is 4.77 Å². The number of hydrogen-bond acceptors (Lipinski definition) is 5. The van der Waals surface area contributed by atoms with Crippen LogP contribution in [-0.4, -0.2) is 43.1 Å². The quantitative estimate of drug-likeness (QED) is 0.471. The molecule has 2 unspecified atom stereocenters. The van der Waals surface area contributed by atoms with Crippen molar-refractivity contribution >= 4 is 24.1 Å². The van der Waals surface area contributed by atoms with Crippen LogP contribution in [0.25, 0.3) is 0 Å². The summed E-state index contributed by atoms with van der Waals surface area (Å²) in [6, 6.07) is 0. The van der Waals surface area contributed by atoms with Crippen molar-refractivity contribution in [2.75, 3.05) is 5.32 Å². The van der Waals surface area contributed by atoms with E-state index in [9.17, 15) is 15.0 Å². The highest BCUT2D eigenvalue weighted by atomic mass is 32.1. The number of nitrogens with zero attached hydrogens (tertiary/aromatic N) is 2. The number of aromatic amines is 1. The molecular weight excluding hydrogens is 280 g/mol. The molecule has 0 saturated carbocycles. The summed E-state index contributed by atoms with van der Waals surface area (Å²) in [5.41, 5.74) is 0.633. The highest BCUT2D eigenvalue weighted by Gasteiger charge is 2.14. The Morgan fingerprint density at radius 3 is 2.90 bits per heavy atom. The van der Waals surface area contributed by atoms with Crippen molar-refractivity contribution in [3.8, 4) is 0 Å². The van der Waals surface area contributed by atoms with E-state index in [1.807, 2.05) is 0 Å². The van der Waals surface area contributed by atoms with Crippen LogP contribution >= 0.6 is 12.2 Å². The number of aliphatic hydroxyl groups excluding tert-OH is 2. The van der Waals surface area contributed by atoms with E-state index in [4.69, 9.17) is 12.2 Å². The summed E-state index contributed by atoms with van der Waals surface area (Å²) >= 11 is 4.92. The molecule has 1 aromatic heterocycles. The number of rotatable bonds is 3. The zero-order chi connectivity index (χ0) is 14.7. The van der Waals surface area contributed by atoms with E-state index < -0.39 is 12.2 Å². The predicted octanol–water partition coefficient (Wildman–Crippen LogP) is 0.190. The van der Waals surface area contributed by atoms with E-state index in [0.717, 1.165) is 0 Å². The molecule has 1 heterocycles. The van der Waals surface area contributed by atoms with E-state index in [1.165, 1.54) is 28.9 Å². The minimum atomic E-state index is -0.963. The third-order valence-corrected chi connectivity index (χ3v) is 3.11. The number of carbonyl (C=O) groups excluding carboxylic acids is 1. The lowest BCUT2D eigenvalue weighted by molar-refractivity contribution is -0.112. The first-order chi connectivity index (χ1) is 9.47. The van der Waals surface area contributed by atoms with Crippen molar-refractivity contribution in [1.82, 2.24) is 14.8 Å². The molecule has 106 valence electrons. The molecule has 0 fully saturated rings. The number of nitrogens with one attached hydrogen (secondary N) is 2. The van der Waals surface area contributed by atoms with Gasteiger partial charge in [0.05, 0.1) is 0 Å². The molecule has 0 aliphatic heterocycles. The normalized spacial score (nSPS) is 22.1. The Morgan fingerprint density at radius 2 is 2.30 bits per heavy atom. The number of allylic oxidation sites excluding steroid dienone is 3. The summed E-state index contributed by atoms with van der Waals surface area (Å²) < 4.78 is 1.93. The van der Waals surface area contributed by atoms with Crippen LogP contribution in [0.1, 0.15) is 0 Å². The molecule has 0 saturated heterocycles. The molecular formula is C12H14N4O3S. The maximum atomic E-state index is 11.7. The summed E-state index contributed by atoms with van der Waals surface area (Å²) in [5.74, 6) is -0.0646. The Bertz CT molecular complexity index is 656. The number of hydrogen-bond donors (Lipinski definition) is 4. The largest absolute Gasteiger partial charge is 0.386 e. The van der Waals surface area contributed by atoms with Crippen molar-refractivity contribution in [3.63, 3.8) is 0 Å². The van der Waals surface area contributed by atoms with Crippen LogP contribution < -0.4 is 5.32 Å². The average molecular weight is 294 g/mol. The second-order valence-electron chi connectivity index (χ2n) is 4.24. The first-order valence-corrected chi connectivity index (χ1v) is 6.25.